The highest BCUT2D eigenvalue weighted by Gasteiger charge is 2.16. The summed E-state index contributed by atoms with van der Waals surface area (Å²) in [7, 11) is 0. The maximum atomic E-state index is 9.66. The van der Waals surface area contributed by atoms with Crippen LogP contribution in [0.5, 0.6) is 0 Å². The van der Waals surface area contributed by atoms with Crippen molar-refractivity contribution in [2.75, 3.05) is 0 Å². The maximum absolute atomic E-state index is 9.66. The predicted octanol–water partition coefficient (Wildman–Crippen LogP) is 12.2. The number of aromatic nitrogens is 2. The molecule has 0 aliphatic heterocycles. The van der Waals surface area contributed by atoms with Crippen molar-refractivity contribution in [3.05, 3.63) is 169 Å². The molecule has 0 aliphatic rings. The molecule has 0 aliphatic carbocycles. The van der Waals surface area contributed by atoms with Gasteiger partial charge in [0.2, 0.25) is 0 Å². The van der Waals surface area contributed by atoms with Gasteiger partial charge >= 0.3 is 0 Å². The highest BCUT2D eigenvalue weighted by molar-refractivity contribution is 7.26. The first kappa shape index (κ1) is 28.8. The van der Waals surface area contributed by atoms with Gasteiger partial charge in [-0.25, -0.2) is 9.97 Å². The standard InChI is InChI=1S/C45H27N3S/c46-28-29-10-8-15-34(22-29)41-27-42(48-45(47-41)31-12-2-1-3-13-31)37-25-35(33-21-20-30-11-4-5-14-32(30)23-33)24-36(26-37)38-17-9-18-40-39-16-6-7-19-43(39)49-44(38)40/h1-27H. The molecule has 228 valence electrons. The molecule has 0 unspecified atom stereocenters. The van der Waals surface area contributed by atoms with Gasteiger partial charge in [0.05, 0.1) is 23.0 Å². The molecular weight excluding hydrogens is 615 g/mol. The number of benzene rings is 7. The second-order valence-corrected chi connectivity index (χ2v) is 13.2. The Morgan fingerprint density at radius 3 is 2.02 bits per heavy atom. The molecule has 0 amide bonds. The fourth-order valence-corrected chi connectivity index (χ4v) is 7.89. The van der Waals surface area contributed by atoms with E-state index in [1.807, 2.05) is 72.0 Å². The molecule has 0 radical (unpaired) electrons. The van der Waals surface area contributed by atoms with Crippen LogP contribution in [-0.4, -0.2) is 9.97 Å². The molecule has 0 saturated heterocycles. The van der Waals surface area contributed by atoms with Crippen LogP contribution in [0.15, 0.2) is 164 Å². The highest BCUT2D eigenvalue weighted by Crippen LogP contribution is 2.42. The monoisotopic (exact) mass is 641 g/mol. The van der Waals surface area contributed by atoms with Crippen molar-refractivity contribution in [3.8, 4) is 62.2 Å². The lowest BCUT2D eigenvalue weighted by molar-refractivity contribution is 1.18. The Labute approximate surface area is 288 Å². The second kappa shape index (κ2) is 12.0. The molecule has 0 spiro atoms. The van der Waals surface area contributed by atoms with Crippen molar-refractivity contribution >= 4 is 42.3 Å². The van der Waals surface area contributed by atoms with E-state index in [1.165, 1.54) is 36.5 Å². The fourth-order valence-electron chi connectivity index (χ4n) is 6.65. The second-order valence-electron chi connectivity index (χ2n) is 12.2. The van der Waals surface area contributed by atoms with Crippen molar-refractivity contribution in [3.63, 3.8) is 0 Å². The lowest BCUT2D eigenvalue weighted by Crippen LogP contribution is -1.97. The Morgan fingerprint density at radius 2 is 1.14 bits per heavy atom. The van der Waals surface area contributed by atoms with E-state index in [-0.39, 0.29) is 0 Å². The van der Waals surface area contributed by atoms with E-state index in [1.54, 1.807) is 0 Å². The summed E-state index contributed by atoms with van der Waals surface area (Å²) >= 11 is 1.84. The number of rotatable bonds is 5. The minimum atomic E-state index is 0.593. The third kappa shape index (κ3) is 5.33. The zero-order chi connectivity index (χ0) is 32.7. The average Bonchev–Trinajstić information content (AvgIpc) is 3.57. The van der Waals surface area contributed by atoms with Crippen molar-refractivity contribution in [2.45, 2.75) is 0 Å². The van der Waals surface area contributed by atoms with Crippen molar-refractivity contribution in [2.24, 2.45) is 0 Å². The third-order valence-corrected chi connectivity index (χ3v) is 10.3. The summed E-state index contributed by atoms with van der Waals surface area (Å²) in [4.78, 5) is 10.2. The van der Waals surface area contributed by atoms with Gasteiger partial charge in [0, 0.05) is 36.9 Å². The quantitative estimate of drug-likeness (QED) is 0.188. The molecule has 9 aromatic rings. The molecule has 3 nitrogen and oxygen atoms in total. The van der Waals surface area contributed by atoms with Gasteiger partial charge < -0.3 is 0 Å². The molecular formula is C45H27N3S. The molecule has 9 rings (SSSR count). The van der Waals surface area contributed by atoms with Crippen molar-refractivity contribution < 1.29 is 0 Å². The van der Waals surface area contributed by atoms with Gasteiger partial charge in [0.25, 0.3) is 0 Å². The number of nitriles is 1. The van der Waals surface area contributed by atoms with Crippen molar-refractivity contribution in [1.29, 1.82) is 5.26 Å². The van der Waals surface area contributed by atoms with Crippen LogP contribution in [0.2, 0.25) is 0 Å². The van der Waals surface area contributed by atoms with Gasteiger partial charge in [-0.15, -0.1) is 11.3 Å². The minimum absolute atomic E-state index is 0.593. The summed E-state index contributed by atoms with van der Waals surface area (Å²) in [5.74, 6) is 0.639. The molecule has 0 fully saturated rings. The molecule has 2 heterocycles. The van der Waals surface area contributed by atoms with Crippen LogP contribution in [0, 0.1) is 11.3 Å². The van der Waals surface area contributed by atoms with Crippen LogP contribution in [0.1, 0.15) is 5.56 Å². The van der Waals surface area contributed by atoms with E-state index in [0.29, 0.717) is 11.4 Å². The van der Waals surface area contributed by atoms with Crippen molar-refractivity contribution in [1.82, 2.24) is 9.97 Å². The normalized spacial score (nSPS) is 11.2. The zero-order valence-corrected chi connectivity index (χ0v) is 27.2. The minimum Gasteiger partial charge on any atom is -0.228 e. The van der Waals surface area contributed by atoms with Gasteiger partial charge in [-0.05, 0) is 81.6 Å². The van der Waals surface area contributed by atoms with E-state index in [9.17, 15) is 5.26 Å². The van der Waals surface area contributed by atoms with Crippen LogP contribution in [0.25, 0.3) is 87.1 Å². The smallest absolute Gasteiger partial charge is 0.160 e. The number of fused-ring (bicyclic) bond motifs is 4. The van der Waals surface area contributed by atoms with E-state index in [0.717, 1.165) is 44.8 Å². The molecule has 0 N–H and O–H groups in total. The first-order valence-corrected chi connectivity index (χ1v) is 17.0. The first-order valence-electron chi connectivity index (χ1n) is 16.2. The van der Waals surface area contributed by atoms with Crippen LogP contribution in [0.4, 0.5) is 0 Å². The number of hydrogen-bond donors (Lipinski definition) is 0. The lowest BCUT2D eigenvalue weighted by Gasteiger charge is -2.14. The van der Waals surface area contributed by atoms with E-state index < -0.39 is 0 Å². The summed E-state index contributed by atoms with van der Waals surface area (Å²) in [6.07, 6.45) is 0. The largest absolute Gasteiger partial charge is 0.228 e. The molecule has 2 aromatic heterocycles. The van der Waals surface area contributed by atoms with Crippen LogP contribution in [-0.2, 0) is 0 Å². The SMILES string of the molecule is N#Cc1cccc(-c2cc(-c3cc(-c4ccc5ccccc5c4)cc(-c4cccc5c4sc4ccccc45)c3)nc(-c3ccccc3)n2)c1. The molecule has 7 aromatic carbocycles. The topological polar surface area (TPSA) is 49.6 Å². The van der Waals surface area contributed by atoms with E-state index >= 15 is 0 Å². The Balaban J connectivity index is 1.31. The molecule has 49 heavy (non-hydrogen) atoms. The van der Waals surface area contributed by atoms with Gasteiger partial charge in [0.1, 0.15) is 0 Å². The van der Waals surface area contributed by atoms with Gasteiger partial charge in [-0.3, -0.25) is 0 Å². The molecule has 0 saturated carbocycles. The number of hydrogen-bond acceptors (Lipinski definition) is 4. The summed E-state index contributed by atoms with van der Waals surface area (Å²) in [5.41, 5.74) is 9.57. The Bertz CT molecular complexity index is 2740. The highest BCUT2D eigenvalue weighted by atomic mass is 32.1. The molecule has 4 heteroatoms. The first-order chi connectivity index (χ1) is 24.2. The fraction of sp³-hybridized carbons (Fsp3) is 0. The third-order valence-electron chi connectivity index (χ3n) is 9.07. The van der Waals surface area contributed by atoms with Crippen LogP contribution < -0.4 is 0 Å². The van der Waals surface area contributed by atoms with Crippen LogP contribution in [0.3, 0.4) is 0 Å². The average molecular weight is 642 g/mol. The summed E-state index contributed by atoms with van der Waals surface area (Å²) < 4.78 is 2.55. The maximum Gasteiger partial charge on any atom is 0.160 e. The van der Waals surface area contributed by atoms with E-state index in [2.05, 4.69) is 109 Å². The lowest BCUT2D eigenvalue weighted by atomic mass is 9.93. The Hall–Kier alpha value is -6.41. The van der Waals surface area contributed by atoms with Gasteiger partial charge in [0.15, 0.2) is 5.82 Å². The zero-order valence-electron chi connectivity index (χ0n) is 26.3. The van der Waals surface area contributed by atoms with Crippen LogP contribution >= 0.6 is 11.3 Å². The molecule has 0 bridgehead atoms. The van der Waals surface area contributed by atoms with E-state index in [4.69, 9.17) is 9.97 Å². The summed E-state index contributed by atoms with van der Waals surface area (Å²) in [6, 6.07) is 59.2. The number of nitrogens with zero attached hydrogens (tertiary/aromatic N) is 3. The molecule has 0 atom stereocenters. The van der Waals surface area contributed by atoms with Gasteiger partial charge in [-0.2, -0.15) is 5.26 Å². The predicted molar refractivity (Wildman–Crippen MR) is 204 cm³/mol. The summed E-state index contributed by atoms with van der Waals surface area (Å²) in [6.45, 7) is 0. The Morgan fingerprint density at radius 1 is 0.449 bits per heavy atom. The summed E-state index contributed by atoms with van der Waals surface area (Å²) in [5, 5.41) is 14.6. The Kier molecular flexibility index (Phi) is 7.04. The van der Waals surface area contributed by atoms with Gasteiger partial charge in [-0.1, -0.05) is 115 Å². The number of thiophene rings is 1.